The van der Waals surface area contributed by atoms with Crippen LogP contribution in [0.25, 0.3) is 0 Å². The van der Waals surface area contributed by atoms with Gasteiger partial charge in [0.2, 0.25) is 0 Å². The van der Waals surface area contributed by atoms with Crippen LogP contribution in [0.15, 0.2) is 24.3 Å². The average molecular weight is 328 g/mol. The van der Waals surface area contributed by atoms with Crippen molar-refractivity contribution in [1.29, 1.82) is 5.26 Å². The monoisotopic (exact) mass is 328 g/mol. The minimum atomic E-state index is -0.159. The third kappa shape index (κ3) is 3.06. The van der Waals surface area contributed by atoms with Crippen molar-refractivity contribution < 1.29 is 4.39 Å². The summed E-state index contributed by atoms with van der Waals surface area (Å²) in [5, 5.41) is 16.2. The van der Waals surface area contributed by atoms with Gasteiger partial charge in [0.15, 0.2) is 0 Å². The normalized spacial score (nSPS) is 29.7. The Labute approximate surface area is 143 Å². The molecule has 0 amide bonds. The molecule has 4 rings (SSSR count). The van der Waals surface area contributed by atoms with E-state index in [0.29, 0.717) is 24.4 Å². The molecule has 1 aliphatic carbocycles. The van der Waals surface area contributed by atoms with E-state index in [4.69, 9.17) is 5.26 Å². The zero-order valence-corrected chi connectivity index (χ0v) is 14.0. The standard InChI is InChI=1S/C19H25FN4/c20-15-3-1-14(2-4-15)17-11-18(17)23-16-5-9-24(10-6-16)19(7-8-21)12-22-13-19/h1-4,16-18,22-23H,5-7,9-13H2/t17-,18+/m0/s1. The summed E-state index contributed by atoms with van der Waals surface area (Å²) < 4.78 is 13.0. The van der Waals surface area contributed by atoms with Crippen LogP contribution in [0.5, 0.6) is 0 Å². The Morgan fingerprint density at radius 1 is 1.25 bits per heavy atom. The van der Waals surface area contributed by atoms with Crippen molar-refractivity contribution in [3.05, 3.63) is 35.6 Å². The molecule has 1 aromatic carbocycles. The van der Waals surface area contributed by atoms with Crippen molar-refractivity contribution in [2.75, 3.05) is 26.2 Å². The lowest BCUT2D eigenvalue weighted by Gasteiger charge is -2.52. The van der Waals surface area contributed by atoms with Crippen LogP contribution in [0.3, 0.4) is 0 Å². The van der Waals surface area contributed by atoms with Gasteiger partial charge in [0.25, 0.3) is 0 Å². The summed E-state index contributed by atoms with van der Waals surface area (Å²) in [7, 11) is 0. The number of hydrogen-bond donors (Lipinski definition) is 2. The van der Waals surface area contributed by atoms with E-state index in [1.54, 1.807) is 12.1 Å². The maximum absolute atomic E-state index is 13.0. The fraction of sp³-hybridized carbons (Fsp3) is 0.632. The van der Waals surface area contributed by atoms with E-state index >= 15 is 0 Å². The van der Waals surface area contributed by atoms with Crippen LogP contribution in [-0.2, 0) is 0 Å². The number of rotatable bonds is 5. The van der Waals surface area contributed by atoms with Crippen molar-refractivity contribution >= 4 is 0 Å². The molecule has 128 valence electrons. The highest BCUT2D eigenvalue weighted by atomic mass is 19.1. The second kappa shape index (κ2) is 6.44. The Balaban J connectivity index is 1.26. The van der Waals surface area contributed by atoms with Crippen molar-refractivity contribution in [3.8, 4) is 6.07 Å². The first-order valence-electron chi connectivity index (χ1n) is 9.04. The smallest absolute Gasteiger partial charge is 0.123 e. The molecule has 1 saturated carbocycles. The molecule has 2 saturated heterocycles. The van der Waals surface area contributed by atoms with Crippen molar-refractivity contribution in [2.24, 2.45) is 0 Å². The molecule has 24 heavy (non-hydrogen) atoms. The third-order valence-corrected chi connectivity index (χ3v) is 6.02. The molecule has 2 aliphatic heterocycles. The van der Waals surface area contributed by atoms with Crippen LogP contribution in [-0.4, -0.2) is 48.7 Å². The van der Waals surface area contributed by atoms with Crippen LogP contribution < -0.4 is 10.6 Å². The molecule has 0 aromatic heterocycles. The molecule has 2 heterocycles. The Morgan fingerprint density at radius 2 is 1.96 bits per heavy atom. The fourth-order valence-corrected chi connectivity index (χ4v) is 4.30. The number of halogens is 1. The van der Waals surface area contributed by atoms with Gasteiger partial charge in [-0.15, -0.1) is 0 Å². The van der Waals surface area contributed by atoms with Crippen LogP contribution >= 0.6 is 0 Å². The molecule has 3 fully saturated rings. The van der Waals surface area contributed by atoms with E-state index in [9.17, 15) is 4.39 Å². The predicted octanol–water partition coefficient (Wildman–Crippen LogP) is 1.99. The molecule has 4 nitrogen and oxygen atoms in total. The lowest BCUT2D eigenvalue weighted by atomic mass is 9.85. The number of hydrogen-bond acceptors (Lipinski definition) is 4. The van der Waals surface area contributed by atoms with Crippen LogP contribution in [0.2, 0.25) is 0 Å². The predicted molar refractivity (Wildman–Crippen MR) is 91.1 cm³/mol. The van der Waals surface area contributed by atoms with E-state index in [0.717, 1.165) is 45.4 Å². The Bertz CT molecular complexity index is 611. The van der Waals surface area contributed by atoms with E-state index < -0.39 is 0 Å². The van der Waals surface area contributed by atoms with Gasteiger partial charge < -0.3 is 10.6 Å². The maximum Gasteiger partial charge on any atom is 0.123 e. The van der Waals surface area contributed by atoms with Crippen LogP contribution in [0, 0.1) is 17.1 Å². The molecule has 3 aliphatic rings. The number of benzene rings is 1. The zero-order chi connectivity index (χ0) is 16.6. The highest BCUT2D eigenvalue weighted by Gasteiger charge is 2.45. The van der Waals surface area contributed by atoms with Gasteiger partial charge in [-0.25, -0.2) is 4.39 Å². The molecule has 0 spiro atoms. The molecule has 0 unspecified atom stereocenters. The molecule has 0 bridgehead atoms. The SMILES string of the molecule is N#CCC1(N2CCC(N[C@@H]3C[C@H]3c3ccc(F)cc3)CC2)CNC1. The first-order chi connectivity index (χ1) is 11.7. The van der Waals surface area contributed by atoms with Crippen molar-refractivity contribution in [2.45, 2.75) is 49.2 Å². The minimum absolute atomic E-state index is 0.0932. The molecule has 5 heteroatoms. The molecule has 2 atom stereocenters. The largest absolute Gasteiger partial charge is 0.313 e. The Morgan fingerprint density at radius 3 is 2.54 bits per heavy atom. The van der Waals surface area contributed by atoms with E-state index in [-0.39, 0.29) is 11.4 Å². The number of nitrogens with one attached hydrogen (secondary N) is 2. The first kappa shape index (κ1) is 16.0. The summed E-state index contributed by atoms with van der Waals surface area (Å²) in [5.74, 6) is 0.387. The van der Waals surface area contributed by atoms with E-state index in [1.807, 2.05) is 12.1 Å². The van der Waals surface area contributed by atoms with Gasteiger partial charge in [-0.3, -0.25) is 4.90 Å². The summed E-state index contributed by atoms with van der Waals surface area (Å²) in [6, 6.07) is 10.4. The first-order valence-corrected chi connectivity index (χ1v) is 9.04. The summed E-state index contributed by atoms with van der Waals surface area (Å²) in [5.41, 5.74) is 1.34. The number of piperidine rings is 1. The average Bonchev–Trinajstić information content (AvgIpc) is 3.32. The Kier molecular flexibility index (Phi) is 4.29. The van der Waals surface area contributed by atoms with Crippen LogP contribution in [0.1, 0.15) is 37.2 Å². The van der Waals surface area contributed by atoms with Gasteiger partial charge in [-0.2, -0.15) is 5.26 Å². The van der Waals surface area contributed by atoms with Gasteiger partial charge in [0.05, 0.1) is 18.0 Å². The summed E-state index contributed by atoms with van der Waals surface area (Å²) in [6.07, 6.45) is 4.10. The zero-order valence-electron chi connectivity index (χ0n) is 14.0. The van der Waals surface area contributed by atoms with E-state index in [1.165, 1.54) is 5.56 Å². The quantitative estimate of drug-likeness (QED) is 0.868. The van der Waals surface area contributed by atoms with Gasteiger partial charge in [-0.1, -0.05) is 12.1 Å². The highest BCUT2D eigenvalue weighted by molar-refractivity contribution is 5.28. The lowest BCUT2D eigenvalue weighted by Crippen LogP contribution is -2.70. The van der Waals surface area contributed by atoms with Crippen molar-refractivity contribution in [1.82, 2.24) is 15.5 Å². The Hall–Kier alpha value is -1.48. The van der Waals surface area contributed by atoms with Gasteiger partial charge in [-0.05, 0) is 37.0 Å². The summed E-state index contributed by atoms with van der Waals surface area (Å²) >= 11 is 0. The molecule has 0 radical (unpaired) electrons. The second-order valence-corrected chi connectivity index (χ2v) is 7.59. The summed E-state index contributed by atoms with van der Waals surface area (Å²) in [6.45, 7) is 4.06. The summed E-state index contributed by atoms with van der Waals surface area (Å²) in [4.78, 5) is 2.52. The second-order valence-electron chi connectivity index (χ2n) is 7.59. The molecular formula is C19H25FN4. The van der Waals surface area contributed by atoms with Gasteiger partial charge in [0, 0.05) is 44.2 Å². The maximum atomic E-state index is 13.0. The topological polar surface area (TPSA) is 51.1 Å². The van der Waals surface area contributed by atoms with Crippen molar-refractivity contribution in [3.63, 3.8) is 0 Å². The fourth-order valence-electron chi connectivity index (χ4n) is 4.30. The number of likely N-dealkylation sites (tertiary alicyclic amines) is 1. The molecule has 2 N–H and O–H groups in total. The third-order valence-electron chi connectivity index (χ3n) is 6.02. The highest BCUT2D eigenvalue weighted by Crippen LogP contribution is 2.41. The van der Waals surface area contributed by atoms with E-state index in [2.05, 4.69) is 21.6 Å². The number of nitriles is 1. The van der Waals surface area contributed by atoms with Gasteiger partial charge >= 0.3 is 0 Å². The lowest BCUT2D eigenvalue weighted by molar-refractivity contribution is 0.0182. The number of nitrogens with zero attached hydrogens (tertiary/aromatic N) is 2. The molecule has 1 aromatic rings. The van der Waals surface area contributed by atoms with Crippen LogP contribution in [0.4, 0.5) is 4.39 Å². The van der Waals surface area contributed by atoms with Gasteiger partial charge in [0.1, 0.15) is 5.82 Å². The molecular weight excluding hydrogens is 303 g/mol. The minimum Gasteiger partial charge on any atom is -0.313 e.